The average Bonchev–Trinajstić information content (AvgIpc) is 2.60. The SMILES string of the molecule is CCOC(=O)Nc1ccc(NCc2c(F)c(F)c(F)c(F)c2F)[nH+]c1N.[Cl-]. The molecule has 0 saturated carbocycles. The lowest BCUT2D eigenvalue weighted by Gasteiger charge is -2.09. The number of aromatic nitrogens is 1. The van der Waals surface area contributed by atoms with Crippen molar-refractivity contribution in [2.24, 2.45) is 0 Å². The zero-order chi connectivity index (χ0) is 19.4. The maximum atomic E-state index is 13.6. The third-order valence-electron chi connectivity index (χ3n) is 3.24. The molecule has 0 bridgehead atoms. The number of ether oxygens (including phenoxy) is 1. The van der Waals surface area contributed by atoms with Gasteiger partial charge in [0.1, 0.15) is 5.69 Å². The Labute approximate surface area is 156 Å². The molecule has 0 aliphatic rings. The van der Waals surface area contributed by atoms with Crippen molar-refractivity contribution in [3.8, 4) is 0 Å². The zero-order valence-corrected chi connectivity index (χ0v) is 14.5. The highest BCUT2D eigenvalue weighted by atomic mass is 35.5. The Hall–Kier alpha value is -2.82. The van der Waals surface area contributed by atoms with E-state index in [2.05, 4.69) is 20.4 Å². The summed E-state index contributed by atoms with van der Waals surface area (Å²) in [5.41, 5.74) is 4.82. The molecular weight excluding hydrogens is 399 g/mol. The molecular formula is C15H14ClF5N4O2. The van der Waals surface area contributed by atoms with Gasteiger partial charge >= 0.3 is 6.09 Å². The van der Waals surface area contributed by atoms with E-state index in [1.165, 1.54) is 12.1 Å². The quantitative estimate of drug-likeness (QED) is 0.365. The van der Waals surface area contributed by atoms with Gasteiger partial charge < -0.3 is 28.2 Å². The second kappa shape index (κ2) is 9.21. The Balaban J connectivity index is 0.00000364. The monoisotopic (exact) mass is 412 g/mol. The first-order valence-electron chi connectivity index (χ1n) is 7.26. The van der Waals surface area contributed by atoms with Gasteiger partial charge in [-0.2, -0.15) is 0 Å². The summed E-state index contributed by atoms with van der Waals surface area (Å²) in [6.45, 7) is 1.06. The van der Waals surface area contributed by atoms with E-state index < -0.39 is 47.3 Å². The van der Waals surface area contributed by atoms with Gasteiger partial charge in [0.15, 0.2) is 23.3 Å². The number of hydrogen-bond donors (Lipinski definition) is 3. The highest BCUT2D eigenvalue weighted by molar-refractivity contribution is 5.87. The molecule has 2 aromatic rings. The molecule has 0 spiro atoms. The lowest BCUT2D eigenvalue weighted by molar-refractivity contribution is -0.342. The molecule has 1 heterocycles. The molecule has 12 heteroatoms. The predicted octanol–water partition coefficient (Wildman–Crippen LogP) is -0.0371. The van der Waals surface area contributed by atoms with Crippen LogP contribution in [-0.2, 0) is 11.3 Å². The van der Waals surface area contributed by atoms with Crippen LogP contribution in [0.2, 0.25) is 0 Å². The Morgan fingerprint density at radius 3 is 2.15 bits per heavy atom. The van der Waals surface area contributed by atoms with Gasteiger partial charge in [-0.15, -0.1) is 0 Å². The van der Waals surface area contributed by atoms with Crippen LogP contribution in [0.3, 0.4) is 0 Å². The van der Waals surface area contributed by atoms with E-state index in [-0.39, 0.29) is 36.3 Å². The van der Waals surface area contributed by atoms with Crippen molar-refractivity contribution >= 4 is 23.4 Å². The van der Waals surface area contributed by atoms with Crippen molar-refractivity contribution in [3.63, 3.8) is 0 Å². The minimum atomic E-state index is -2.23. The van der Waals surface area contributed by atoms with Crippen LogP contribution >= 0.6 is 0 Å². The van der Waals surface area contributed by atoms with Gasteiger partial charge in [-0.1, -0.05) is 0 Å². The van der Waals surface area contributed by atoms with Gasteiger partial charge in [0, 0.05) is 6.07 Å². The first-order valence-corrected chi connectivity index (χ1v) is 7.26. The Kier molecular flexibility index (Phi) is 7.58. The number of nitrogen functional groups attached to an aromatic ring is 1. The van der Waals surface area contributed by atoms with Crippen molar-refractivity contribution in [2.45, 2.75) is 13.5 Å². The molecule has 1 aromatic carbocycles. The number of nitrogens with two attached hydrogens (primary N) is 1. The summed E-state index contributed by atoms with van der Waals surface area (Å²) in [5, 5.41) is 4.79. The average molecular weight is 413 g/mol. The lowest BCUT2D eigenvalue weighted by atomic mass is 10.1. The summed E-state index contributed by atoms with van der Waals surface area (Å²) in [5.74, 6) is -10.1. The number of carbonyl (C=O) groups excluding carboxylic acids is 1. The Morgan fingerprint density at radius 2 is 1.63 bits per heavy atom. The number of rotatable bonds is 5. The number of amides is 1. The topological polar surface area (TPSA) is 90.5 Å². The smallest absolute Gasteiger partial charge is 0.411 e. The standard InChI is InChI=1S/C15H13F5N4O2.ClH/c1-2-26-15(25)23-7-3-4-8(24-14(7)21)22-5-6-9(16)11(18)13(20)12(19)10(6)17;/h3-4H,2,5H2,1H3,(H,23,25)(H3,21,22,24);1H. The summed E-state index contributed by atoms with van der Waals surface area (Å²) in [6, 6.07) is 2.69. The summed E-state index contributed by atoms with van der Waals surface area (Å²) < 4.78 is 71.2. The van der Waals surface area contributed by atoms with Crippen molar-refractivity contribution in [1.82, 2.24) is 0 Å². The summed E-state index contributed by atoms with van der Waals surface area (Å²) >= 11 is 0. The van der Waals surface area contributed by atoms with Crippen LogP contribution in [0.15, 0.2) is 12.1 Å². The van der Waals surface area contributed by atoms with Gasteiger partial charge in [-0.3, -0.25) is 5.32 Å². The number of pyridine rings is 1. The predicted molar refractivity (Wildman–Crippen MR) is 81.6 cm³/mol. The molecule has 0 saturated heterocycles. The first kappa shape index (κ1) is 22.2. The molecule has 148 valence electrons. The number of hydrogen-bond acceptors (Lipinski definition) is 4. The molecule has 0 aliphatic heterocycles. The van der Waals surface area contributed by atoms with Gasteiger partial charge in [0.05, 0.1) is 18.7 Å². The number of carbonyl (C=O) groups is 1. The van der Waals surface area contributed by atoms with E-state index in [1.807, 2.05) is 0 Å². The molecule has 0 fully saturated rings. The molecule has 6 nitrogen and oxygen atoms in total. The van der Waals surface area contributed by atoms with Crippen LogP contribution in [-0.4, -0.2) is 12.7 Å². The number of nitrogens with one attached hydrogen (secondary N) is 3. The van der Waals surface area contributed by atoms with E-state index >= 15 is 0 Å². The maximum absolute atomic E-state index is 13.6. The minimum absolute atomic E-state index is 0. The van der Waals surface area contributed by atoms with Crippen LogP contribution in [0.25, 0.3) is 0 Å². The number of benzene rings is 1. The molecule has 1 aromatic heterocycles. The summed E-state index contributed by atoms with van der Waals surface area (Å²) in [7, 11) is 0. The largest absolute Gasteiger partial charge is 1.00 e. The highest BCUT2D eigenvalue weighted by Crippen LogP contribution is 2.24. The summed E-state index contributed by atoms with van der Waals surface area (Å²) in [6.07, 6.45) is -0.741. The lowest BCUT2D eigenvalue weighted by Crippen LogP contribution is -3.00. The second-order valence-electron chi connectivity index (χ2n) is 4.95. The van der Waals surface area contributed by atoms with E-state index in [1.54, 1.807) is 6.92 Å². The van der Waals surface area contributed by atoms with Crippen LogP contribution in [0.4, 0.5) is 44.1 Å². The Bertz CT molecular complexity index is 824. The zero-order valence-electron chi connectivity index (χ0n) is 13.7. The fourth-order valence-corrected chi connectivity index (χ4v) is 1.99. The van der Waals surface area contributed by atoms with E-state index in [4.69, 9.17) is 5.73 Å². The third-order valence-corrected chi connectivity index (χ3v) is 3.24. The van der Waals surface area contributed by atoms with E-state index in [0.29, 0.717) is 0 Å². The number of aromatic amines is 1. The van der Waals surface area contributed by atoms with Crippen molar-refractivity contribution in [1.29, 1.82) is 0 Å². The number of H-pyrrole nitrogens is 1. The fourth-order valence-electron chi connectivity index (χ4n) is 1.99. The number of halogens is 6. The normalized spacial score (nSPS) is 10.1. The van der Waals surface area contributed by atoms with Crippen LogP contribution in [0.5, 0.6) is 0 Å². The fraction of sp³-hybridized carbons (Fsp3) is 0.200. The minimum Gasteiger partial charge on any atom is -1.00 e. The molecule has 0 atom stereocenters. The first-order chi connectivity index (χ1) is 12.3. The van der Waals surface area contributed by atoms with E-state index in [0.717, 1.165) is 0 Å². The molecule has 0 unspecified atom stereocenters. The van der Waals surface area contributed by atoms with Gasteiger partial charge in [0.2, 0.25) is 17.5 Å². The maximum Gasteiger partial charge on any atom is 0.411 e. The van der Waals surface area contributed by atoms with Crippen LogP contribution < -0.4 is 33.8 Å². The van der Waals surface area contributed by atoms with E-state index in [9.17, 15) is 26.7 Å². The molecule has 2 rings (SSSR count). The van der Waals surface area contributed by atoms with Gasteiger partial charge in [-0.05, 0) is 13.0 Å². The second-order valence-corrected chi connectivity index (χ2v) is 4.95. The van der Waals surface area contributed by atoms with Crippen molar-refractivity contribution in [2.75, 3.05) is 23.0 Å². The van der Waals surface area contributed by atoms with Crippen LogP contribution in [0, 0.1) is 29.1 Å². The third kappa shape index (κ3) is 4.88. The van der Waals surface area contributed by atoms with Crippen molar-refractivity contribution in [3.05, 3.63) is 46.8 Å². The summed E-state index contributed by atoms with van der Waals surface area (Å²) in [4.78, 5) is 13.9. The Morgan fingerprint density at radius 1 is 1.07 bits per heavy atom. The highest BCUT2D eigenvalue weighted by Gasteiger charge is 2.26. The molecule has 27 heavy (non-hydrogen) atoms. The molecule has 5 N–H and O–H groups in total. The van der Waals surface area contributed by atoms with Gasteiger partial charge in [-0.25, -0.2) is 31.7 Å². The number of anilines is 3. The molecule has 0 aliphatic carbocycles. The van der Waals surface area contributed by atoms with Crippen LogP contribution in [0.1, 0.15) is 12.5 Å². The molecule has 1 amide bonds. The molecule has 0 radical (unpaired) electrons. The van der Waals surface area contributed by atoms with Gasteiger partial charge in [0.25, 0.3) is 0 Å². The van der Waals surface area contributed by atoms with Crippen molar-refractivity contribution < 1.29 is 48.9 Å².